The number of nitrogens with two attached hydrogens (primary N) is 1. The Morgan fingerprint density at radius 1 is 1.07 bits per heavy atom. The van der Waals surface area contributed by atoms with Gasteiger partial charge in [-0.3, -0.25) is 19.7 Å². The fraction of sp³-hybridized carbons (Fsp3) is 0.348. The van der Waals surface area contributed by atoms with Crippen molar-refractivity contribution < 1.29 is 14.4 Å². The topological polar surface area (TPSA) is 105 Å². The van der Waals surface area contributed by atoms with Gasteiger partial charge >= 0.3 is 0 Å². The molecule has 1 atom stereocenters. The third-order valence-electron chi connectivity index (χ3n) is 5.71. The van der Waals surface area contributed by atoms with Crippen molar-refractivity contribution in [1.82, 2.24) is 10.2 Å². The van der Waals surface area contributed by atoms with Gasteiger partial charge in [0.25, 0.3) is 5.91 Å². The van der Waals surface area contributed by atoms with Gasteiger partial charge in [-0.05, 0) is 60.7 Å². The maximum atomic E-state index is 12.9. The predicted molar refractivity (Wildman–Crippen MR) is 114 cm³/mol. The molecule has 2 aliphatic rings. The van der Waals surface area contributed by atoms with Crippen LogP contribution in [0.15, 0.2) is 42.5 Å². The van der Waals surface area contributed by atoms with Crippen LogP contribution < -0.4 is 16.4 Å². The average molecular weight is 406 g/mol. The highest BCUT2D eigenvalue weighted by Gasteiger charge is 2.39. The first kappa shape index (κ1) is 20.1. The largest absolute Gasteiger partial charge is 0.381 e. The van der Waals surface area contributed by atoms with Gasteiger partial charge in [-0.2, -0.15) is 0 Å². The Morgan fingerprint density at radius 3 is 2.57 bits per heavy atom. The number of hydrogen-bond acceptors (Lipinski definition) is 5. The number of carbonyl (C=O) groups excluding carboxylic acids is 3. The minimum atomic E-state index is -0.582. The van der Waals surface area contributed by atoms with E-state index in [0.717, 1.165) is 29.7 Å². The first-order chi connectivity index (χ1) is 14.5. The third-order valence-corrected chi connectivity index (χ3v) is 5.71. The quantitative estimate of drug-likeness (QED) is 0.610. The molecule has 0 aliphatic carbocycles. The molecule has 4 N–H and O–H groups in total. The summed E-state index contributed by atoms with van der Waals surface area (Å²) in [5, 5.41) is 5.72. The number of hydrogen-bond donors (Lipinski definition) is 3. The molecular weight excluding hydrogens is 380 g/mol. The number of fused-ring (bicyclic) bond motifs is 1. The number of imide groups is 1. The molecule has 1 saturated heterocycles. The van der Waals surface area contributed by atoms with Gasteiger partial charge in [0, 0.05) is 30.8 Å². The SMILES string of the molecule is NCCCc1ccc(NCc2ccc3c(c2)C(=O)N(C2CCC(=O)NC2=O)C3)cc1. The third kappa shape index (κ3) is 4.21. The van der Waals surface area contributed by atoms with Crippen molar-refractivity contribution in [3.8, 4) is 0 Å². The zero-order chi connectivity index (χ0) is 21.1. The van der Waals surface area contributed by atoms with Crippen molar-refractivity contribution in [3.05, 3.63) is 64.7 Å². The molecule has 0 saturated carbocycles. The summed E-state index contributed by atoms with van der Waals surface area (Å²) in [5.74, 6) is -0.809. The fourth-order valence-corrected chi connectivity index (χ4v) is 4.01. The fourth-order valence-electron chi connectivity index (χ4n) is 4.01. The summed E-state index contributed by atoms with van der Waals surface area (Å²) in [5.41, 5.74) is 10.4. The van der Waals surface area contributed by atoms with Gasteiger partial charge in [0.15, 0.2) is 0 Å². The van der Waals surface area contributed by atoms with E-state index in [2.05, 4.69) is 34.9 Å². The van der Waals surface area contributed by atoms with Crippen LogP contribution >= 0.6 is 0 Å². The normalized spacial score (nSPS) is 18.4. The standard InChI is InChI=1S/C23H26N4O3/c24-11-1-2-15-4-7-18(8-5-15)25-13-16-3-6-17-14-27(23(30)19(17)12-16)20-9-10-21(28)26-22(20)29/h3-8,12,20,25H,1-2,9-11,13-14,24H2,(H,26,28,29). The van der Waals surface area contributed by atoms with E-state index in [4.69, 9.17) is 5.73 Å². The lowest BCUT2D eigenvalue weighted by atomic mass is 10.0. The molecule has 156 valence electrons. The molecule has 0 bridgehead atoms. The first-order valence-corrected chi connectivity index (χ1v) is 10.3. The summed E-state index contributed by atoms with van der Waals surface area (Å²) >= 11 is 0. The second-order valence-electron chi connectivity index (χ2n) is 7.83. The molecule has 1 fully saturated rings. The molecule has 2 aromatic rings. The molecule has 7 heteroatoms. The van der Waals surface area contributed by atoms with E-state index >= 15 is 0 Å². The van der Waals surface area contributed by atoms with Gasteiger partial charge in [-0.25, -0.2) is 0 Å². The molecule has 2 aliphatic heterocycles. The van der Waals surface area contributed by atoms with Crippen LogP contribution in [0.3, 0.4) is 0 Å². The summed E-state index contributed by atoms with van der Waals surface area (Å²) in [6, 6.07) is 13.6. The molecular formula is C23H26N4O3. The second-order valence-corrected chi connectivity index (χ2v) is 7.83. The van der Waals surface area contributed by atoms with Gasteiger partial charge in [-0.15, -0.1) is 0 Å². The number of anilines is 1. The average Bonchev–Trinajstić information content (AvgIpc) is 3.07. The van der Waals surface area contributed by atoms with E-state index < -0.39 is 6.04 Å². The highest BCUT2D eigenvalue weighted by atomic mass is 16.2. The van der Waals surface area contributed by atoms with Crippen LogP contribution in [-0.4, -0.2) is 35.2 Å². The van der Waals surface area contributed by atoms with Crippen LogP contribution in [0.1, 0.15) is 46.3 Å². The summed E-state index contributed by atoms with van der Waals surface area (Å²) in [6.45, 7) is 1.69. The van der Waals surface area contributed by atoms with Crippen LogP contribution in [0.4, 0.5) is 5.69 Å². The number of nitrogens with one attached hydrogen (secondary N) is 2. The lowest BCUT2D eigenvalue weighted by Crippen LogP contribution is -2.52. The molecule has 0 spiro atoms. The zero-order valence-electron chi connectivity index (χ0n) is 16.8. The molecule has 4 rings (SSSR count). The highest BCUT2D eigenvalue weighted by Crippen LogP contribution is 2.28. The summed E-state index contributed by atoms with van der Waals surface area (Å²) < 4.78 is 0. The number of carbonyl (C=O) groups is 3. The van der Waals surface area contributed by atoms with E-state index in [9.17, 15) is 14.4 Å². The summed E-state index contributed by atoms with van der Waals surface area (Å²) in [4.78, 5) is 38.0. The maximum Gasteiger partial charge on any atom is 0.255 e. The lowest BCUT2D eigenvalue weighted by molar-refractivity contribution is -0.136. The maximum absolute atomic E-state index is 12.9. The van der Waals surface area contributed by atoms with E-state index in [1.54, 1.807) is 4.90 Å². The van der Waals surface area contributed by atoms with Crippen molar-refractivity contribution in [2.24, 2.45) is 5.73 Å². The van der Waals surface area contributed by atoms with E-state index in [1.807, 2.05) is 18.2 Å². The number of aryl methyl sites for hydroxylation is 1. The molecule has 1 unspecified atom stereocenters. The minimum Gasteiger partial charge on any atom is -0.381 e. The Hall–Kier alpha value is -3.19. The van der Waals surface area contributed by atoms with Crippen LogP contribution in [0.5, 0.6) is 0 Å². The van der Waals surface area contributed by atoms with Gasteiger partial charge in [0.05, 0.1) is 0 Å². The van der Waals surface area contributed by atoms with Gasteiger partial charge in [0.1, 0.15) is 6.04 Å². The molecule has 0 radical (unpaired) electrons. The summed E-state index contributed by atoms with van der Waals surface area (Å²) in [6.07, 6.45) is 2.59. The monoisotopic (exact) mass is 406 g/mol. The second kappa shape index (κ2) is 8.67. The van der Waals surface area contributed by atoms with Crippen LogP contribution in [0, 0.1) is 0 Å². The Balaban J connectivity index is 1.39. The zero-order valence-corrected chi connectivity index (χ0v) is 16.8. The lowest BCUT2D eigenvalue weighted by Gasteiger charge is -2.29. The Bertz CT molecular complexity index is 971. The number of nitrogens with zero attached hydrogens (tertiary/aromatic N) is 1. The molecule has 30 heavy (non-hydrogen) atoms. The van der Waals surface area contributed by atoms with Crippen LogP contribution in [0.25, 0.3) is 0 Å². The van der Waals surface area contributed by atoms with Crippen molar-refractivity contribution in [2.75, 3.05) is 11.9 Å². The Morgan fingerprint density at radius 2 is 1.83 bits per heavy atom. The Labute approximate surface area is 175 Å². The van der Waals surface area contributed by atoms with E-state index in [-0.39, 0.29) is 24.1 Å². The first-order valence-electron chi connectivity index (χ1n) is 10.3. The summed E-state index contributed by atoms with van der Waals surface area (Å²) in [7, 11) is 0. The number of benzene rings is 2. The Kier molecular flexibility index (Phi) is 5.81. The van der Waals surface area contributed by atoms with Gasteiger partial charge < -0.3 is 16.0 Å². The molecule has 2 heterocycles. The molecule has 7 nitrogen and oxygen atoms in total. The number of piperidine rings is 1. The van der Waals surface area contributed by atoms with Gasteiger partial charge in [0.2, 0.25) is 11.8 Å². The molecule has 2 aromatic carbocycles. The molecule has 3 amide bonds. The highest BCUT2D eigenvalue weighted by molar-refractivity contribution is 6.05. The van der Waals surface area contributed by atoms with Crippen LogP contribution in [-0.2, 0) is 29.1 Å². The van der Waals surface area contributed by atoms with Gasteiger partial charge in [-0.1, -0.05) is 24.3 Å². The van der Waals surface area contributed by atoms with Crippen molar-refractivity contribution in [1.29, 1.82) is 0 Å². The molecule has 0 aromatic heterocycles. The van der Waals surface area contributed by atoms with E-state index in [1.165, 1.54) is 5.56 Å². The van der Waals surface area contributed by atoms with E-state index in [0.29, 0.717) is 31.6 Å². The minimum absolute atomic E-state index is 0.148. The van der Waals surface area contributed by atoms with Crippen molar-refractivity contribution in [2.45, 2.75) is 44.8 Å². The van der Waals surface area contributed by atoms with Crippen LogP contribution in [0.2, 0.25) is 0 Å². The smallest absolute Gasteiger partial charge is 0.255 e. The number of amides is 3. The predicted octanol–water partition coefficient (Wildman–Crippen LogP) is 1.95. The number of rotatable bonds is 7. The van der Waals surface area contributed by atoms with Crippen molar-refractivity contribution in [3.63, 3.8) is 0 Å². The van der Waals surface area contributed by atoms with Crippen molar-refractivity contribution >= 4 is 23.4 Å².